The third kappa shape index (κ3) is 1.60. The lowest BCUT2D eigenvalue weighted by Crippen LogP contribution is -2.07. The summed E-state index contributed by atoms with van der Waals surface area (Å²) in [7, 11) is 4.08. The molecule has 0 spiro atoms. The average molecular weight is 268 g/mol. The van der Waals surface area contributed by atoms with Crippen LogP contribution in [-0.2, 0) is 0 Å². The summed E-state index contributed by atoms with van der Waals surface area (Å²) in [6.07, 6.45) is 0. The van der Waals surface area contributed by atoms with Crippen LogP contribution in [-0.4, -0.2) is 19.1 Å². The van der Waals surface area contributed by atoms with Gasteiger partial charge in [0.2, 0.25) is 0 Å². The first kappa shape index (κ1) is 8.26. The van der Waals surface area contributed by atoms with Gasteiger partial charge in [-0.25, -0.2) is 4.98 Å². The zero-order valence-corrected chi connectivity index (χ0v) is 9.15. The zero-order chi connectivity index (χ0) is 7.72. The third-order valence-corrected chi connectivity index (χ3v) is 3.17. The molecule has 56 valence electrons. The molecule has 0 saturated heterocycles. The topological polar surface area (TPSA) is 16.1 Å². The van der Waals surface area contributed by atoms with E-state index in [0.29, 0.717) is 0 Å². The molecule has 1 rings (SSSR count). The Balaban J connectivity index is 3.03. The lowest BCUT2D eigenvalue weighted by molar-refractivity contribution is 1.11. The van der Waals surface area contributed by atoms with Gasteiger partial charge in [-0.1, -0.05) is 11.3 Å². The predicted octanol–water partition coefficient (Wildman–Crippen LogP) is 2.12. The first-order chi connectivity index (χ1) is 4.61. The van der Waals surface area contributed by atoms with Crippen LogP contribution in [0.2, 0.25) is 0 Å². The minimum atomic E-state index is 1.11. The molecule has 0 amide bonds. The highest BCUT2D eigenvalue weighted by atomic mass is 127. The number of thiazole rings is 1. The molecule has 0 aromatic carbocycles. The highest BCUT2D eigenvalue weighted by Crippen LogP contribution is 2.26. The molecule has 0 unspecified atom stereocenters. The van der Waals surface area contributed by atoms with Crippen molar-refractivity contribution in [3.63, 3.8) is 0 Å². The molecule has 10 heavy (non-hydrogen) atoms. The van der Waals surface area contributed by atoms with E-state index in [2.05, 4.69) is 32.5 Å². The minimum Gasteiger partial charge on any atom is -0.368 e. The van der Waals surface area contributed by atoms with Crippen LogP contribution >= 0.6 is 33.9 Å². The maximum absolute atomic E-state index is 4.30. The summed E-state index contributed by atoms with van der Waals surface area (Å²) in [5.74, 6) is 0. The van der Waals surface area contributed by atoms with Crippen molar-refractivity contribution in [2.75, 3.05) is 19.0 Å². The molecule has 0 aliphatic carbocycles. The fourth-order valence-corrected chi connectivity index (χ4v) is 2.48. The second-order valence-electron chi connectivity index (χ2n) is 2.25. The van der Waals surface area contributed by atoms with Crippen molar-refractivity contribution in [2.45, 2.75) is 6.92 Å². The number of halogens is 1. The highest BCUT2D eigenvalue weighted by molar-refractivity contribution is 14.1. The summed E-state index contributed by atoms with van der Waals surface area (Å²) in [5.41, 5.74) is 1.12. The lowest BCUT2D eigenvalue weighted by atomic mass is 10.5. The molecule has 0 aliphatic heterocycles. The minimum absolute atomic E-state index is 1.11. The SMILES string of the molecule is Cc1nc(I)sc1N(C)C. The van der Waals surface area contributed by atoms with E-state index in [4.69, 9.17) is 0 Å². The standard InChI is InChI=1S/C6H9IN2S/c1-4-5(9(2)3)10-6(7)8-4/h1-3H3. The Labute approximate surface area is 78.4 Å². The Morgan fingerprint density at radius 3 is 2.30 bits per heavy atom. The largest absolute Gasteiger partial charge is 0.368 e. The van der Waals surface area contributed by atoms with E-state index in [9.17, 15) is 0 Å². The molecule has 0 atom stereocenters. The van der Waals surface area contributed by atoms with Gasteiger partial charge in [-0.2, -0.15) is 0 Å². The van der Waals surface area contributed by atoms with E-state index in [1.807, 2.05) is 21.0 Å². The molecule has 1 heterocycles. The van der Waals surface area contributed by atoms with Crippen LogP contribution in [0.5, 0.6) is 0 Å². The predicted molar refractivity (Wildman–Crippen MR) is 53.9 cm³/mol. The summed E-state index contributed by atoms with van der Waals surface area (Å²) in [6, 6.07) is 0. The fraction of sp³-hybridized carbons (Fsp3) is 0.500. The van der Waals surface area contributed by atoms with Gasteiger partial charge in [-0.05, 0) is 29.5 Å². The molecular formula is C6H9IN2S. The molecule has 0 saturated carbocycles. The molecule has 0 radical (unpaired) electrons. The van der Waals surface area contributed by atoms with Crippen LogP contribution in [0.4, 0.5) is 5.00 Å². The fourth-order valence-electron chi connectivity index (χ4n) is 0.771. The summed E-state index contributed by atoms with van der Waals surface area (Å²) < 4.78 is 1.11. The second-order valence-corrected chi connectivity index (χ2v) is 4.98. The van der Waals surface area contributed by atoms with Gasteiger partial charge in [0, 0.05) is 14.1 Å². The molecule has 1 aromatic heterocycles. The number of aromatic nitrogens is 1. The van der Waals surface area contributed by atoms with E-state index in [-0.39, 0.29) is 0 Å². The summed E-state index contributed by atoms with van der Waals surface area (Å²) in [5, 5.41) is 1.25. The Kier molecular flexibility index (Phi) is 2.51. The summed E-state index contributed by atoms with van der Waals surface area (Å²) >= 11 is 3.96. The molecule has 0 aliphatic rings. The molecule has 4 heteroatoms. The smallest absolute Gasteiger partial charge is 0.156 e. The average Bonchev–Trinajstić information content (AvgIpc) is 2.10. The Bertz CT molecular complexity index is 232. The molecule has 1 aromatic rings. The van der Waals surface area contributed by atoms with E-state index >= 15 is 0 Å². The van der Waals surface area contributed by atoms with Crippen molar-refractivity contribution in [1.82, 2.24) is 4.98 Å². The number of aryl methyl sites for hydroxylation is 1. The molecule has 0 bridgehead atoms. The third-order valence-electron chi connectivity index (χ3n) is 1.15. The normalized spacial score (nSPS) is 10.0. The Morgan fingerprint density at radius 1 is 1.50 bits per heavy atom. The first-order valence-corrected chi connectivity index (χ1v) is 4.81. The van der Waals surface area contributed by atoms with E-state index in [0.717, 1.165) is 8.71 Å². The van der Waals surface area contributed by atoms with Gasteiger partial charge in [0.05, 0.1) is 5.69 Å². The van der Waals surface area contributed by atoms with Gasteiger partial charge in [-0.3, -0.25) is 0 Å². The number of hydrogen-bond acceptors (Lipinski definition) is 3. The Hall–Kier alpha value is 0.160. The molecule has 0 N–H and O–H groups in total. The zero-order valence-electron chi connectivity index (χ0n) is 6.18. The quantitative estimate of drug-likeness (QED) is 0.725. The first-order valence-electron chi connectivity index (χ1n) is 2.91. The van der Waals surface area contributed by atoms with Crippen LogP contribution in [0.15, 0.2) is 0 Å². The van der Waals surface area contributed by atoms with Crippen LogP contribution in [0, 0.1) is 9.94 Å². The van der Waals surface area contributed by atoms with Crippen molar-refractivity contribution in [2.24, 2.45) is 0 Å². The van der Waals surface area contributed by atoms with Gasteiger partial charge < -0.3 is 4.90 Å². The number of rotatable bonds is 1. The van der Waals surface area contributed by atoms with Crippen molar-refractivity contribution in [3.05, 3.63) is 8.71 Å². The van der Waals surface area contributed by atoms with Gasteiger partial charge in [-0.15, -0.1) is 0 Å². The van der Waals surface area contributed by atoms with Crippen molar-refractivity contribution >= 4 is 38.9 Å². The van der Waals surface area contributed by atoms with Crippen molar-refractivity contribution in [3.8, 4) is 0 Å². The number of anilines is 1. The van der Waals surface area contributed by atoms with Crippen molar-refractivity contribution in [1.29, 1.82) is 0 Å². The molecule has 2 nitrogen and oxygen atoms in total. The van der Waals surface area contributed by atoms with E-state index in [1.165, 1.54) is 5.00 Å². The summed E-state index contributed by atoms with van der Waals surface area (Å²) in [6.45, 7) is 2.04. The monoisotopic (exact) mass is 268 g/mol. The Morgan fingerprint density at radius 2 is 2.10 bits per heavy atom. The molecule has 0 fully saturated rings. The maximum Gasteiger partial charge on any atom is 0.156 e. The van der Waals surface area contributed by atoms with E-state index < -0.39 is 0 Å². The molecular weight excluding hydrogens is 259 g/mol. The lowest BCUT2D eigenvalue weighted by Gasteiger charge is -2.08. The van der Waals surface area contributed by atoms with Crippen LogP contribution < -0.4 is 4.90 Å². The second kappa shape index (κ2) is 3.04. The highest BCUT2D eigenvalue weighted by Gasteiger charge is 2.05. The van der Waals surface area contributed by atoms with Gasteiger partial charge in [0.1, 0.15) is 5.00 Å². The van der Waals surface area contributed by atoms with Gasteiger partial charge >= 0.3 is 0 Å². The maximum atomic E-state index is 4.30. The van der Waals surface area contributed by atoms with Crippen LogP contribution in [0.1, 0.15) is 5.69 Å². The van der Waals surface area contributed by atoms with Crippen LogP contribution in [0.25, 0.3) is 0 Å². The van der Waals surface area contributed by atoms with Crippen LogP contribution in [0.3, 0.4) is 0 Å². The number of hydrogen-bond donors (Lipinski definition) is 0. The summed E-state index contributed by atoms with van der Waals surface area (Å²) in [4.78, 5) is 6.39. The van der Waals surface area contributed by atoms with E-state index in [1.54, 1.807) is 11.3 Å². The van der Waals surface area contributed by atoms with Crippen molar-refractivity contribution < 1.29 is 0 Å². The van der Waals surface area contributed by atoms with Gasteiger partial charge in [0.25, 0.3) is 0 Å². The van der Waals surface area contributed by atoms with Gasteiger partial charge in [0.15, 0.2) is 3.01 Å². The number of nitrogens with zero attached hydrogens (tertiary/aromatic N) is 2.